The maximum atomic E-state index is 11.1. The van der Waals surface area contributed by atoms with Gasteiger partial charge >= 0.3 is 5.97 Å². The molecule has 0 radical (unpaired) electrons. The van der Waals surface area contributed by atoms with Crippen LogP contribution < -0.4 is 14.8 Å². The largest absolute Gasteiger partial charge is 0.493 e. The van der Waals surface area contributed by atoms with Gasteiger partial charge in [-0.2, -0.15) is 11.8 Å². The van der Waals surface area contributed by atoms with Crippen molar-refractivity contribution < 1.29 is 19.0 Å². The Morgan fingerprint density at radius 2 is 1.95 bits per heavy atom. The molecule has 0 aliphatic rings. The van der Waals surface area contributed by atoms with Crippen molar-refractivity contribution in [3.8, 4) is 11.5 Å². The van der Waals surface area contributed by atoms with Crippen LogP contribution in [0.4, 0.5) is 0 Å². The van der Waals surface area contributed by atoms with Crippen LogP contribution in [0.5, 0.6) is 11.5 Å². The summed E-state index contributed by atoms with van der Waals surface area (Å²) >= 11 is 1.71. The van der Waals surface area contributed by atoms with Crippen LogP contribution in [0.2, 0.25) is 0 Å². The number of benzene rings is 1. The molecule has 6 heteroatoms. The number of methoxy groups -OCH3 is 3. The molecule has 21 heavy (non-hydrogen) atoms. The van der Waals surface area contributed by atoms with E-state index in [1.165, 1.54) is 7.11 Å². The van der Waals surface area contributed by atoms with Gasteiger partial charge in [0.05, 0.1) is 27.8 Å². The van der Waals surface area contributed by atoms with Crippen LogP contribution in [0, 0.1) is 0 Å². The van der Waals surface area contributed by atoms with E-state index >= 15 is 0 Å². The fraction of sp³-hybridized carbons (Fsp3) is 0.533. The number of rotatable bonds is 9. The first-order valence-corrected chi connectivity index (χ1v) is 7.85. The van der Waals surface area contributed by atoms with Gasteiger partial charge in [-0.15, -0.1) is 0 Å². The quantitative estimate of drug-likeness (QED) is 0.557. The van der Waals surface area contributed by atoms with Gasteiger partial charge in [-0.3, -0.25) is 4.79 Å². The zero-order valence-electron chi connectivity index (χ0n) is 13.0. The van der Waals surface area contributed by atoms with Gasteiger partial charge < -0.3 is 19.5 Å². The van der Waals surface area contributed by atoms with E-state index in [1.54, 1.807) is 26.0 Å². The zero-order chi connectivity index (χ0) is 15.7. The predicted octanol–water partition coefficient (Wildman–Crippen LogP) is 2.26. The Balaban J connectivity index is 2.61. The minimum Gasteiger partial charge on any atom is -0.493 e. The molecule has 1 unspecified atom stereocenters. The minimum atomic E-state index is -0.172. The molecule has 0 saturated heterocycles. The average Bonchev–Trinajstić information content (AvgIpc) is 2.54. The van der Waals surface area contributed by atoms with Gasteiger partial charge in [0.15, 0.2) is 11.5 Å². The molecule has 0 aliphatic heterocycles. The molecule has 1 N–H and O–H groups in total. The second-order valence-corrected chi connectivity index (χ2v) is 5.51. The Bertz CT molecular complexity index is 453. The molecule has 1 aromatic rings. The fourth-order valence-corrected chi connectivity index (χ4v) is 2.95. The lowest BCUT2D eigenvalue weighted by molar-refractivity contribution is -0.140. The molecule has 1 aromatic carbocycles. The van der Waals surface area contributed by atoms with E-state index in [0.29, 0.717) is 6.42 Å². The lowest BCUT2D eigenvalue weighted by atomic mass is 10.1. The SMILES string of the molecule is CNC(CSCCC(=O)OC)c1ccc(OC)c(OC)c1. The highest BCUT2D eigenvalue weighted by molar-refractivity contribution is 7.99. The molecule has 0 fully saturated rings. The van der Waals surface area contributed by atoms with Gasteiger partial charge in [0, 0.05) is 17.5 Å². The smallest absolute Gasteiger partial charge is 0.306 e. The predicted molar refractivity (Wildman–Crippen MR) is 85.3 cm³/mol. The minimum absolute atomic E-state index is 0.172. The van der Waals surface area contributed by atoms with E-state index in [-0.39, 0.29) is 12.0 Å². The molecule has 0 spiro atoms. The molecule has 5 nitrogen and oxygen atoms in total. The fourth-order valence-electron chi connectivity index (χ4n) is 1.87. The molecular weight excluding hydrogens is 290 g/mol. The Hall–Kier alpha value is -1.40. The first kappa shape index (κ1) is 17.7. The van der Waals surface area contributed by atoms with Crippen molar-refractivity contribution in [3.63, 3.8) is 0 Å². The van der Waals surface area contributed by atoms with Gasteiger partial charge in [0.25, 0.3) is 0 Å². The third-order valence-electron chi connectivity index (χ3n) is 3.12. The summed E-state index contributed by atoms with van der Waals surface area (Å²) in [5, 5.41) is 3.28. The third kappa shape index (κ3) is 5.47. The molecule has 0 aliphatic carbocycles. The first-order valence-electron chi connectivity index (χ1n) is 6.70. The molecule has 0 saturated carbocycles. The zero-order valence-corrected chi connectivity index (χ0v) is 13.8. The maximum Gasteiger partial charge on any atom is 0.306 e. The van der Waals surface area contributed by atoms with Crippen molar-refractivity contribution in [2.45, 2.75) is 12.5 Å². The monoisotopic (exact) mass is 313 g/mol. The van der Waals surface area contributed by atoms with Crippen LogP contribution in [-0.4, -0.2) is 45.9 Å². The lowest BCUT2D eigenvalue weighted by Crippen LogP contribution is -2.19. The molecule has 1 atom stereocenters. The molecule has 0 heterocycles. The lowest BCUT2D eigenvalue weighted by Gasteiger charge is -2.18. The third-order valence-corrected chi connectivity index (χ3v) is 4.18. The van der Waals surface area contributed by atoms with Crippen LogP contribution >= 0.6 is 11.8 Å². The van der Waals surface area contributed by atoms with Gasteiger partial charge in [0.2, 0.25) is 0 Å². The normalized spacial score (nSPS) is 11.8. The van der Waals surface area contributed by atoms with Crippen molar-refractivity contribution in [2.75, 3.05) is 39.9 Å². The van der Waals surface area contributed by atoms with E-state index in [9.17, 15) is 4.79 Å². The summed E-state index contributed by atoms with van der Waals surface area (Å²) in [7, 11) is 6.58. The summed E-state index contributed by atoms with van der Waals surface area (Å²) in [5.41, 5.74) is 1.13. The van der Waals surface area contributed by atoms with Crippen LogP contribution in [0.15, 0.2) is 18.2 Å². The summed E-state index contributed by atoms with van der Waals surface area (Å²) in [6, 6.07) is 6.08. The molecule has 0 bridgehead atoms. The number of nitrogens with one attached hydrogen (secondary N) is 1. The number of carbonyl (C=O) groups is 1. The number of hydrogen-bond acceptors (Lipinski definition) is 6. The molecule has 0 aromatic heterocycles. The highest BCUT2D eigenvalue weighted by atomic mass is 32.2. The van der Waals surface area contributed by atoms with E-state index < -0.39 is 0 Å². The number of esters is 1. The Labute approximate surface area is 130 Å². The Morgan fingerprint density at radius 3 is 2.52 bits per heavy atom. The topological polar surface area (TPSA) is 56.8 Å². The van der Waals surface area contributed by atoms with Crippen molar-refractivity contribution >= 4 is 17.7 Å². The highest BCUT2D eigenvalue weighted by Gasteiger charge is 2.13. The summed E-state index contributed by atoms with van der Waals surface area (Å²) in [5.74, 6) is 2.88. The second-order valence-electron chi connectivity index (χ2n) is 4.36. The van der Waals surface area contributed by atoms with Crippen molar-refractivity contribution in [1.29, 1.82) is 0 Å². The first-order chi connectivity index (χ1) is 10.2. The average molecular weight is 313 g/mol. The Kier molecular flexibility index (Phi) is 8.00. The second kappa shape index (κ2) is 9.52. The summed E-state index contributed by atoms with van der Waals surface area (Å²) < 4.78 is 15.2. The van der Waals surface area contributed by atoms with Crippen LogP contribution in [0.1, 0.15) is 18.0 Å². The van der Waals surface area contributed by atoms with Gasteiger partial charge in [-0.05, 0) is 24.7 Å². The van der Waals surface area contributed by atoms with Gasteiger partial charge in [-0.25, -0.2) is 0 Å². The van der Waals surface area contributed by atoms with Crippen LogP contribution in [0.3, 0.4) is 0 Å². The number of ether oxygens (including phenoxy) is 3. The number of hydrogen-bond donors (Lipinski definition) is 1. The highest BCUT2D eigenvalue weighted by Crippen LogP contribution is 2.30. The van der Waals surface area contributed by atoms with Gasteiger partial charge in [0.1, 0.15) is 0 Å². The molecular formula is C15H23NO4S. The van der Waals surface area contributed by atoms with E-state index in [0.717, 1.165) is 28.6 Å². The Morgan fingerprint density at radius 1 is 1.24 bits per heavy atom. The van der Waals surface area contributed by atoms with Crippen molar-refractivity contribution in [2.24, 2.45) is 0 Å². The van der Waals surface area contributed by atoms with Crippen molar-refractivity contribution in [3.05, 3.63) is 23.8 Å². The van der Waals surface area contributed by atoms with Crippen molar-refractivity contribution in [1.82, 2.24) is 5.32 Å². The summed E-state index contributed by atoms with van der Waals surface area (Å²) in [6.07, 6.45) is 0.434. The summed E-state index contributed by atoms with van der Waals surface area (Å²) in [6.45, 7) is 0. The summed E-state index contributed by atoms with van der Waals surface area (Å²) in [4.78, 5) is 11.1. The molecule has 118 valence electrons. The van der Waals surface area contributed by atoms with E-state index in [2.05, 4.69) is 10.1 Å². The molecule has 0 amide bonds. The van der Waals surface area contributed by atoms with Gasteiger partial charge in [-0.1, -0.05) is 6.07 Å². The van der Waals surface area contributed by atoms with E-state index in [4.69, 9.17) is 9.47 Å². The van der Waals surface area contributed by atoms with Crippen LogP contribution in [0.25, 0.3) is 0 Å². The maximum absolute atomic E-state index is 11.1. The van der Waals surface area contributed by atoms with Crippen LogP contribution in [-0.2, 0) is 9.53 Å². The molecule has 1 rings (SSSR count). The standard InChI is InChI=1S/C15H23NO4S/c1-16-12(10-21-8-7-15(17)20-4)11-5-6-13(18-2)14(9-11)19-3/h5-6,9,12,16H,7-8,10H2,1-4H3. The number of thioether (sulfide) groups is 1. The van der Waals surface area contributed by atoms with E-state index in [1.807, 2.05) is 25.2 Å². The number of carbonyl (C=O) groups excluding carboxylic acids is 1.